The van der Waals surface area contributed by atoms with Crippen LogP contribution < -0.4 is 5.32 Å². The van der Waals surface area contributed by atoms with Gasteiger partial charge in [0, 0.05) is 12.1 Å². The second-order valence-electron chi connectivity index (χ2n) is 3.13. The summed E-state index contributed by atoms with van der Waals surface area (Å²) in [6.07, 6.45) is 2.61. The van der Waals surface area contributed by atoms with Crippen molar-refractivity contribution >= 4 is 5.97 Å². The van der Waals surface area contributed by atoms with E-state index in [1.54, 1.807) is 0 Å². The molecule has 1 rings (SSSR count). The highest BCUT2D eigenvalue weighted by Crippen LogP contribution is 2.33. The molecule has 0 radical (unpaired) electrons. The zero-order valence-electron chi connectivity index (χ0n) is 6.18. The average molecular weight is 143 g/mol. The third-order valence-corrected chi connectivity index (χ3v) is 1.89. The fourth-order valence-electron chi connectivity index (χ4n) is 0.835. The Kier molecular flexibility index (Phi) is 1.94. The van der Waals surface area contributed by atoms with Gasteiger partial charge in [0.1, 0.15) is 0 Å². The van der Waals surface area contributed by atoms with Gasteiger partial charge >= 0.3 is 5.97 Å². The van der Waals surface area contributed by atoms with E-state index >= 15 is 0 Å². The summed E-state index contributed by atoms with van der Waals surface area (Å²) in [5, 5.41) is 11.5. The Hall–Kier alpha value is -0.570. The minimum absolute atomic E-state index is 0.232. The van der Waals surface area contributed by atoms with Crippen molar-refractivity contribution in [3.05, 3.63) is 0 Å². The van der Waals surface area contributed by atoms with Crippen molar-refractivity contribution in [3.8, 4) is 0 Å². The highest BCUT2D eigenvalue weighted by atomic mass is 16.4. The molecule has 2 N–H and O–H groups in total. The van der Waals surface area contributed by atoms with E-state index in [2.05, 4.69) is 12.2 Å². The lowest BCUT2D eigenvalue weighted by Gasteiger charge is -2.08. The number of carbonyl (C=O) groups is 1. The first-order chi connectivity index (χ1) is 4.62. The van der Waals surface area contributed by atoms with Crippen LogP contribution in [0.4, 0.5) is 0 Å². The minimum Gasteiger partial charge on any atom is -0.481 e. The number of carboxylic acid groups (broad SMARTS) is 1. The molecule has 3 heteroatoms. The maximum Gasteiger partial charge on any atom is 0.304 e. The lowest BCUT2D eigenvalue weighted by atomic mass is 10.3. The molecule has 0 bridgehead atoms. The molecule has 10 heavy (non-hydrogen) atoms. The molecule has 0 atom stereocenters. The summed E-state index contributed by atoms with van der Waals surface area (Å²) in [6, 6.07) is 0. The molecule has 0 aromatic heterocycles. The van der Waals surface area contributed by atoms with Crippen LogP contribution in [0.5, 0.6) is 0 Å². The number of hydrogen-bond donors (Lipinski definition) is 2. The maximum absolute atomic E-state index is 10.1. The van der Waals surface area contributed by atoms with Crippen LogP contribution in [0.2, 0.25) is 0 Å². The van der Waals surface area contributed by atoms with Crippen molar-refractivity contribution in [1.29, 1.82) is 0 Å². The van der Waals surface area contributed by atoms with Gasteiger partial charge in [0.05, 0.1) is 6.42 Å². The smallest absolute Gasteiger partial charge is 0.304 e. The van der Waals surface area contributed by atoms with E-state index in [4.69, 9.17) is 5.11 Å². The Morgan fingerprint density at radius 3 is 2.70 bits per heavy atom. The van der Waals surface area contributed by atoms with Gasteiger partial charge in [-0.1, -0.05) is 0 Å². The van der Waals surface area contributed by atoms with Gasteiger partial charge in [-0.2, -0.15) is 0 Å². The number of carboxylic acids is 1. The first-order valence-electron chi connectivity index (χ1n) is 3.59. The summed E-state index contributed by atoms with van der Waals surface area (Å²) in [6.45, 7) is 2.72. The van der Waals surface area contributed by atoms with E-state index in [1.807, 2.05) is 0 Å². The second kappa shape index (κ2) is 2.58. The molecule has 0 saturated heterocycles. The summed E-state index contributed by atoms with van der Waals surface area (Å²) in [4.78, 5) is 10.1. The normalized spacial score (nSPS) is 20.5. The molecule has 1 aliphatic rings. The first kappa shape index (κ1) is 7.54. The average Bonchev–Trinajstić information content (AvgIpc) is 2.47. The first-order valence-corrected chi connectivity index (χ1v) is 3.59. The van der Waals surface area contributed by atoms with E-state index in [-0.39, 0.29) is 12.0 Å². The van der Waals surface area contributed by atoms with Crippen LogP contribution in [0.1, 0.15) is 26.2 Å². The van der Waals surface area contributed by atoms with Crippen LogP contribution in [-0.4, -0.2) is 23.2 Å². The molecule has 1 fully saturated rings. The van der Waals surface area contributed by atoms with E-state index in [9.17, 15) is 4.79 Å². The van der Waals surface area contributed by atoms with Crippen LogP contribution >= 0.6 is 0 Å². The number of aliphatic carboxylic acids is 1. The van der Waals surface area contributed by atoms with Crippen molar-refractivity contribution in [2.45, 2.75) is 31.7 Å². The molecule has 0 heterocycles. The van der Waals surface area contributed by atoms with Crippen LogP contribution in [0.15, 0.2) is 0 Å². The maximum atomic E-state index is 10.1. The Morgan fingerprint density at radius 2 is 2.30 bits per heavy atom. The number of nitrogens with one attached hydrogen (secondary N) is 1. The Labute approximate surface area is 60.4 Å². The molecule has 0 unspecified atom stereocenters. The topological polar surface area (TPSA) is 49.3 Å². The molecule has 1 aliphatic carbocycles. The van der Waals surface area contributed by atoms with E-state index in [0.717, 1.165) is 0 Å². The van der Waals surface area contributed by atoms with Crippen LogP contribution in [0.3, 0.4) is 0 Å². The molecule has 0 aromatic rings. The van der Waals surface area contributed by atoms with Gasteiger partial charge in [0.2, 0.25) is 0 Å². The summed E-state index contributed by atoms with van der Waals surface area (Å²) < 4.78 is 0. The fourth-order valence-corrected chi connectivity index (χ4v) is 0.835. The summed E-state index contributed by atoms with van der Waals surface area (Å²) in [5.74, 6) is -0.725. The third kappa shape index (κ3) is 2.35. The lowest BCUT2D eigenvalue weighted by molar-refractivity contribution is -0.136. The molecule has 0 aliphatic heterocycles. The standard InChI is InChI=1S/C7H13NO2/c1-7(3-4-7)8-5-2-6(9)10/h8H,2-5H2,1H3,(H,9,10). The van der Waals surface area contributed by atoms with Crippen LogP contribution in [0.25, 0.3) is 0 Å². The second-order valence-corrected chi connectivity index (χ2v) is 3.13. The quantitative estimate of drug-likeness (QED) is 0.606. The summed E-state index contributed by atoms with van der Waals surface area (Å²) >= 11 is 0. The van der Waals surface area contributed by atoms with Crippen molar-refractivity contribution < 1.29 is 9.90 Å². The van der Waals surface area contributed by atoms with Gasteiger partial charge in [-0.25, -0.2) is 0 Å². The van der Waals surface area contributed by atoms with Gasteiger partial charge in [0.25, 0.3) is 0 Å². The molecular weight excluding hydrogens is 130 g/mol. The van der Waals surface area contributed by atoms with E-state index in [0.29, 0.717) is 6.54 Å². The van der Waals surface area contributed by atoms with Crippen molar-refractivity contribution in [2.24, 2.45) is 0 Å². The predicted octanol–water partition coefficient (Wildman–Crippen LogP) is 0.603. The monoisotopic (exact) mass is 143 g/mol. The largest absolute Gasteiger partial charge is 0.481 e. The summed E-state index contributed by atoms with van der Waals surface area (Å²) in [7, 11) is 0. The van der Waals surface area contributed by atoms with Crippen molar-refractivity contribution in [1.82, 2.24) is 5.32 Å². The molecule has 3 nitrogen and oxygen atoms in total. The van der Waals surface area contributed by atoms with E-state index in [1.165, 1.54) is 12.8 Å². The van der Waals surface area contributed by atoms with E-state index < -0.39 is 5.97 Å². The highest BCUT2D eigenvalue weighted by Gasteiger charge is 2.36. The van der Waals surface area contributed by atoms with Gasteiger partial charge in [-0.3, -0.25) is 4.79 Å². The van der Waals surface area contributed by atoms with Gasteiger partial charge in [-0.05, 0) is 19.8 Å². The third-order valence-electron chi connectivity index (χ3n) is 1.89. The van der Waals surface area contributed by atoms with Crippen molar-refractivity contribution in [3.63, 3.8) is 0 Å². The predicted molar refractivity (Wildman–Crippen MR) is 37.9 cm³/mol. The molecule has 0 amide bonds. The lowest BCUT2D eigenvalue weighted by Crippen LogP contribution is -2.29. The minimum atomic E-state index is -0.725. The van der Waals surface area contributed by atoms with Gasteiger partial charge in [-0.15, -0.1) is 0 Å². The van der Waals surface area contributed by atoms with Gasteiger partial charge < -0.3 is 10.4 Å². The SMILES string of the molecule is CC1(NCCC(=O)O)CC1. The number of rotatable bonds is 4. The summed E-state index contributed by atoms with van der Waals surface area (Å²) in [5.41, 5.74) is 0.273. The fraction of sp³-hybridized carbons (Fsp3) is 0.857. The molecule has 0 spiro atoms. The Morgan fingerprint density at radius 1 is 1.70 bits per heavy atom. The van der Waals surface area contributed by atoms with Gasteiger partial charge in [0.15, 0.2) is 0 Å². The Balaban J connectivity index is 2.00. The molecule has 58 valence electrons. The molecular formula is C7H13NO2. The molecule has 1 saturated carbocycles. The number of hydrogen-bond acceptors (Lipinski definition) is 2. The zero-order valence-corrected chi connectivity index (χ0v) is 6.18. The Bertz CT molecular complexity index is 141. The highest BCUT2D eigenvalue weighted by molar-refractivity contribution is 5.66. The van der Waals surface area contributed by atoms with Crippen LogP contribution in [-0.2, 0) is 4.79 Å². The van der Waals surface area contributed by atoms with Crippen LogP contribution in [0, 0.1) is 0 Å². The zero-order chi connectivity index (χ0) is 7.61. The molecule has 0 aromatic carbocycles. The van der Waals surface area contributed by atoms with Crippen molar-refractivity contribution in [2.75, 3.05) is 6.54 Å².